The summed E-state index contributed by atoms with van der Waals surface area (Å²) in [6.45, 7) is 3.69. The summed E-state index contributed by atoms with van der Waals surface area (Å²) in [5, 5.41) is 0. The van der Waals surface area contributed by atoms with Crippen LogP contribution >= 0.6 is 0 Å². The number of hydrogen-bond acceptors (Lipinski definition) is 4. The lowest BCUT2D eigenvalue weighted by Crippen LogP contribution is -2.67. The molecule has 0 bridgehead atoms. The second-order valence-corrected chi connectivity index (χ2v) is 7.36. The molecule has 1 aliphatic heterocycles. The third kappa shape index (κ3) is 4.73. The van der Waals surface area contributed by atoms with E-state index in [1.54, 1.807) is 19.1 Å². The van der Waals surface area contributed by atoms with Crippen LogP contribution in [0.25, 0.3) is 5.53 Å². The normalized spacial score (nSPS) is 17.5. The SMILES string of the molecule is C=CC1C(=O)N(C(Cc2ccc(OC)cc2)Cc2ccc(OC)cc2)C1C(=O)C=[N+]=[N-]. The van der Waals surface area contributed by atoms with Crippen molar-refractivity contribution in [3.8, 4) is 11.5 Å². The quantitative estimate of drug-likeness (QED) is 0.195. The number of likely N-dealkylation sites (tertiary alicyclic amines) is 1. The van der Waals surface area contributed by atoms with E-state index in [1.165, 1.54) is 6.08 Å². The van der Waals surface area contributed by atoms with E-state index in [4.69, 9.17) is 15.0 Å². The Bertz CT molecular complexity index is 945. The second kappa shape index (κ2) is 9.87. The number of Topliss-reactive ketones (excluding diaryl/α,β-unsaturated/α-hetero) is 1. The molecule has 1 heterocycles. The van der Waals surface area contributed by atoms with Gasteiger partial charge in [-0.25, -0.2) is 0 Å². The highest BCUT2D eigenvalue weighted by atomic mass is 16.5. The highest BCUT2D eigenvalue weighted by Crippen LogP contribution is 2.33. The minimum atomic E-state index is -0.734. The van der Waals surface area contributed by atoms with Gasteiger partial charge >= 0.3 is 6.21 Å². The molecule has 1 saturated heterocycles. The Hall–Kier alpha value is -3.70. The number of methoxy groups -OCH3 is 2. The zero-order valence-corrected chi connectivity index (χ0v) is 17.6. The van der Waals surface area contributed by atoms with Gasteiger partial charge in [-0.15, -0.1) is 6.58 Å². The van der Waals surface area contributed by atoms with Gasteiger partial charge < -0.3 is 19.9 Å². The Balaban J connectivity index is 1.92. The number of carbonyl (C=O) groups is 2. The average molecular weight is 419 g/mol. The van der Waals surface area contributed by atoms with Crippen LogP contribution in [0, 0.1) is 5.92 Å². The number of hydrogen-bond donors (Lipinski definition) is 0. The summed E-state index contributed by atoms with van der Waals surface area (Å²) in [5.74, 6) is 0.275. The Morgan fingerprint density at radius 3 is 1.94 bits per heavy atom. The van der Waals surface area contributed by atoms with Crippen LogP contribution in [0.3, 0.4) is 0 Å². The summed E-state index contributed by atoms with van der Waals surface area (Å²) in [5.41, 5.74) is 10.8. The lowest BCUT2D eigenvalue weighted by Gasteiger charge is -2.48. The largest absolute Gasteiger partial charge is 0.497 e. The van der Waals surface area contributed by atoms with Crippen LogP contribution in [0.2, 0.25) is 0 Å². The molecule has 2 aromatic carbocycles. The predicted octanol–water partition coefficient (Wildman–Crippen LogP) is 2.74. The monoisotopic (exact) mass is 419 g/mol. The predicted molar refractivity (Wildman–Crippen MR) is 116 cm³/mol. The maximum absolute atomic E-state index is 12.9. The molecule has 160 valence electrons. The first-order chi connectivity index (χ1) is 15.0. The molecule has 0 aromatic heterocycles. The molecule has 0 saturated carbocycles. The van der Waals surface area contributed by atoms with Crippen LogP contribution in [0.15, 0.2) is 61.2 Å². The Labute approximate surface area is 181 Å². The molecule has 3 rings (SSSR count). The van der Waals surface area contributed by atoms with E-state index in [1.807, 2.05) is 48.5 Å². The molecule has 0 N–H and O–H groups in total. The van der Waals surface area contributed by atoms with Crippen LogP contribution in [0.1, 0.15) is 11.1 Å². The zero-order chi connectivity index (χ0) is 22.4. The van der Waals surface area contributed by atoms with Gasteiger partial charge in [0.1, 0.15) is 17.5 Å². The maximum Gasteiger partial charge on any atom is 0.325 e. The van der Waals surface area contributed by atoms with E-state index in [0.29, 0.717) is 12.8 Å². The van der Waals surface area contributed by atoms with Crippen molar-refractivity contribution in [3.63, 3.8) is 0 Å². The van der Waals surface area contributed by atoms with Crippen molar-refractivity contribution in [3.05, 3.63) is 77.8 Å². The highest BCUT2D eigenvalue weighted by Gasteiger charge is 2.52. The van der Waals surface area contributed by atoms with E-state index in [0.717, 1.165) is 28.8 Å². The second-order valence-electron chi connectivity index (χ2n) is 7.36. The Morgan fingerprint density at radius 1 is 1.06 bits per heavy atom. The van der Waals surface area contributed by atoms with Gasteiger partial charge in [-0.2, -0.15) is 4.79 Å². The smallest absolute Gasteiger partial charge is 0.325 e. The number of ketones is 1. The molecule has 2 unspecified atom stereocenters. The van der Waals surface area contributed by atoms with Crippen molar-refractivity contribution in [2.24, 2.45) is 5.92 Å². The van der Waals surface area contributed by atoms with Crippen LogP contribution in [-0.2, 0) is 22.4 Å². The summed E-state index contributed by atoms with van der Waals surface area (Å²) in [6.07, 6.45) is 3.42. The molecule has 1 aliphatic rings. The molecule has 0 radical (unpaired) electrons. The van der Waals surface area contributed by atoms with Gasteiger partial charge in [0.05, 0.1) is 20.1 Å². The molecule has 2 atom stereocenters. The van der Waals surface area contributed by atoms with Crippen molar-refractivity contribution in [1.29, 1.82) is 0 Å². The molecule has 7 heteroatoms. The van der Waals surface area contributed by atoms with E-state index < -0.39 is 17.7 Å². The summed E-state index contributed by atoms with van der Waals surface area (Å²) in [4.78, 5) is 29.9. The van der Waals surface area contributed by atoms with Crippen molar-refractivity contribution < 1.29 is 23.9 Å². The molecule has 1 amide bonds. The number of amides is 1. The van der Waals surface area contributed by atoms with E-state index in [-0.39, 0.29) is 11.9 Å². The van der Waals surface area contributed by atoms with Gasteiger partial charge in [0.25, 0.3) is 5.78 Å². The van der Waals surface area contributed by atoms with Gasteiger partial charge in [0.15, 0.2) is 0 Å². The maximum atomic E-state index is 12.9. The fraction of sp³-hybridized carbons (Fsp3) is 0.292. The van der Waals surface area contributed by atoms with Crippen molar-refractivity contribution in [2.45, 2.75) is 24.9 Å². The van der Waals surface area contributed by atoms with Crippen LogP contribution in [0.5, 0.6) is 11.5 Å². The van der Waals surface area contributed by atoms with Crippen LogP contribution in [0.4, 0.5) is 0 Å². The van der Waals surface area contributed by atoms with E-state index in [9.17, 15) is 9.59 Å². The number of benzene rings is 2. The fourth-order valence-electron chi connectivity index (χ4n) is 3.96. The first-order valence-corrected chi connectivity index (χ1v) is 9.94. The van der Waals surface area contributed by atoms with Gasteiger partial charge in [-0.05, 0) is 48.2 Å². The Morgan fingerprint density at radius 2 is 1.55 bits per heavy atom. The lowest BCUT2D eigenvalue weighted by molar-refractivity contribution is -0.161. The summed E-state index contributed by atoms with van der Waals surface area (Å²) in [7, 11) is 3.21. The number of ether oxygens (including phenoxy) is 2. The summed E-state index contributed by atoms with van der Waals surface area (Å²) >= 11 is 0. The minimum absolute atomic E-state index is 0.160. The number of carbonyl (C=O) groups excluding carboxylic acids is 2. The van der Waals surface area contributed by atoms with Crippen molar-refractivity contribution in [2.75, 3.05) is 14.2 Å². The van der Waals surface area contributed by atoms with E-state index in [2.05, 4.69) is 11.4 Å². The summed E-state index contributed by atoms with van der Waals surface area (Å²) in [6, 6.07) is 14.2. The lowest BCUT2D eigenvalue weighted by atomic mass is 9.81. The molecule has 31 heavy (non-hydrogen) atoms. The van der Waals surface area contributed by atoms with Crippen molar-refractivity contribution >= 4 is 17.9 Å². The third-order valence-corrected chi connectivity index (χ3v) is 5.56. The van der Waals surface area contributed by atoms with Crippen molar-refractivity contribution in [1.82, 2.24) is 4.90 Å². The van der Waals surface area contributed by atoms with E-state index >= 15 is 0 Å². The summed E-state index contributed by atoms with van der Waals surface area (Å²) < 4.78 is 10.4. The molecule has 0 spiro atoms. The average Bonchev–Trinajstić information content (AvgIpc) is 2.78. The molecule has 0 aliphatic carbocycles. The third-order valence-electron chi connectivity index (χ3n) is 5.56. The highest BCUT2D eigenvalue weighted by molar-refractivity contribution is 6.30. The molecule has 7 nitrogen and oxygen atoms in total. The minimum Gasteiger partial charge on any atom is -0.497 e. The van der Waals surface area contributed by atoms with Gasteiger partial charge in [0.2, 0.25) is 5.91 Å². The van der Waals surface area contributed by atoms with Gasteiger partial charge in [-0.3, -0.25) is 9.59 Å². The first-order valence-electron chi connectivity index (χ1n) is 9.94. The molecular formula is C24H25N3O4. The Kier molecular flexibility index (Phi) is 7.00. The zero-order valence-electron chi connectivity index (χ0n) is 17.6. The van der Waals surface area contributed by atoms with Gasteiger partial charge in [-0.1, -0.05) is 30.3 Å². The number of β-lactam (4-membered cyclic amide) rings is 1. The first kappa shape index (κ1) is 22.0. The van der Waals surface area contributed by atoms with Crippen LogP contribution < -0.4 is 9.47 Å². The fourth-order valence-corrected chi connectivity index (χ4v) is 3.96. The topological polar surface area (TPSA) is 92.2 Å². The standard InChI is InChI=1S/C24H25N3O4/c1-4-21-23(22(28)15-26-25)27(24(21)29)18(13-16-5-9-19(30-2)10-6-16)14-17-7-11-20(31-3)12-8-17/h4-12,15,18,21,23H,1,13-14H2,2-3H3. The molecular weight excluding hydrogens is 394 g/mol. The molecule has 1 fully saturated rings. The molecule has 2 aromatic rings. The number of rotatable bonds is 10. The van der Waals surface area contributed by atoms with Crippen LogP contribution in [-0.4, -0.2) is 53.9 Å². The number of nitrogens with zero attached hydrogens (tertiary/aromatic N) is 3. The van der Waals surface area contributed by atoms with Gasteiger partial charge in [0, 0.05) is 6.04 Å².